The van der Waals surface area contributed by atoms with Gasteiger partial charge in [0.2, 0.25) is 5.91 Å². The Kier molecular flexibility index (Phi) is 5.36. The van der Waals surface area contributed by atoms with E-state index in [-0.39, 0.29) is 5.91 Å². The smallest absolute Gasteiger partial charge is 0.249 e. The summed E-state index contributed by atoms with van der Waals surface area (Å²) >= 11 is 9.25. The van der Waals surface area contributed by atoms with Gasteiger partial charge in [0.05, 0.1) is 5.69 Å². The average Bonchev–Trinajstić information content (AvgIpc) is 3.06. The van der Waals surface area contributed by atoms with E-state index in [0.29, 0.717) is 22.4 Å². The van der Waals surface area contributed by atoms with Crippen LogP contribution in [0, 0.1) is 6.92 Å². The lowest BCUT2D eigenvalue weighted by atomic mass is 10.2. The first kappa shape index (κ1) is 17.5. The predicted octanol–water partition coefficient (Wildman–Crippen LogP) is 5.72. The van der Waals surface area contributed by atoms with E-state index >= 15 is 0 Å². The van der Waals surface area contributed by atoms with E-state index in [2.05, 4.69) is 26.2 Å². The van der Waals surface area contributed by atoms with E-state index in [9.17, 15) is 4.79 Å². The lowest BCUT2D eigenvalue weighted by Crippen LogP contribution is -2.09. The van der Waals surface area contributed by atoms with Crippen molar-refractivity contribution in [2.75, 3.05) is 5.32 Å². The molecule has 0 atom stereocenters. The molecule has 0 spiro atoms. The van der Waals surface area contributed by atoms with Crippen LogP contribution < -0.4 is 5.32 Å². The number of carbonyl (C=O) groups is 1. The molecule has 25 heavy (non-hydrogen) atoms. The Morgan fingerprint density at radius 1 is 1.16 bits per heavy atom. The molecule has 126 valence electrons. The van der Waals surface area contributed by atoms with E-state index < -0.39 is 0 Å². The number of furan rings is 1. The number of amides is 1. The fourth-order valence-corrected chi connectivity index (χ4v) is 2.50. The largest absolute Gasteiger partial charge is 0.457 e. The van der Waals surface area contributed by atoms with Crippen molar-refractivity contribution < 1.29 is 9.21 Å². The SMILES string of the molecule is Cc1nc(NC(=O)/C=C/c2ccc(-c3ccc(Cl)cc3)o2)ccc1Br. The number of nitrogens with zero attached hydrogens (tertiary/aromatic N) is 1. The molecule has 1 aromatic carbocycles. The van der Waals surface area contributed by atoms with Gasteiger partial charge in [-0.25, -0.2) is 4.98 Å². The fourth-order valence-electron chi connectivity index (χ4n) is 2.15. The maximum Gasteiger partial charge on any atom is 0.249 e. The van der Waals surface area contributed by atoms with Gasteiger partial charge in [0, 0.05) is 21.1 Å². The monoisotopic (exact) mass is 416 g/mol. The third-order valence-corrected chi connectivity index (χ3v) is 4.52. The summed E-state index contributed by atoms with van der Waals surface area (Å²) in [6.07, 6.45) is 3.02. The molecule has 0 radical (unpaired) electrons. The second-order valence-electron chi connectivity index (χ2n) is 5.30. The van der Waals surface area contributed by atoms with Crippen molar-refractivity contribution >= 4 is 45.3 Å². The zero-order valence-electron chi connectivity index (χ0n) is 13.3. The number of hydrogen-bond donors (Lipinski definition) is 1. The van der Waals surface area contributed by atoms with Gasteiger partial charge in [0.25, 0.3) is 0 Å². The molecule has 1 N–H and O–H groups in total. The summed E-state index contributed by atoms with van der Waals surface area (Å²) in [4.78, 5) is 16.3. The number of aryl methyl sites for hydroxylation is 1. The molecule has 6 heteroatoms. The van der Waals surface area contributed by atoms with Crippen molar-refractivity contribution in [3.8, 4) is 11.3 Å². The van der Waals surface area contributed by atoms with Crippen LogP contribution in [0.1, 0.15) is 11.5 Å². The molecule has 3 rings (SSSR count). The number of aromatic nitrogens is 1. The Morgan fingerprint density at radius 3 is 2.64 bits per heavy atom. The number of pyridine rings is 1. The summed E-state index contributed by atoms with van der Waals surface area (Å²) in [6.45, 7) is 1.86. The first-order valence-corrected chi connectivity index (χ1v) is 8.66. The van der Waals surface area contributed by atoms with Gasteiger partial charge in [-0.1, -0.05) is 11.6 Å². The molecule has 2 aromatic heterocycles. The van der Waals surface area contributed by atoms with Gasteiger partial charge in [-0.15, -0.1) is 0 Å². The van der Waals surface area contributed by atoms with E-state index in [4.69, 9.17) is 16.0 Å². The third kappa shape index (κ3) is 4.59. The highest BCUT2D eigenvalue weighted by Crippen LogP contribution is 2.24. The van der Waals surface area contributed by atoms with Crippen molar-refractivity contribution in [1.29, 1.82) is 0 Å². The van der Waals surface area contributed by atoms with Gasteiger partial charge < -0.3 is 9.73 Å². The summed E-state index contributed by atoms with van der Waals surface area (Å²) in [7, 11) is 0. The van der Waals surface area contributed by atoms with Crippen LogP contribution >= 0.6 is 27.5 Å². The highest BCUT2D eigenvalue weighted by Gasteiger charge is 2.05. The lowest BCUT2D eigenvalue weighted by molar-refractivity contribution is -0.111. The number of carbonyl (C=O) groups excluding carboxylic acids is 1. The molecule has 0 aliphatic carbocycles. The Morgan fingerprint density at radius 2 is 1.92 bits per heavy atom. The minimum absolute atomic E-state index is 0.279. The van der Waals surface area contributed by atoms with Crippen LogP contribution in [-0.2, 0) is 4.79 Å². The van der Waals surface area contributed by atoms with Crippen LogP contribution in [0.5, 0.6) is 0 Å². The minimum atomic E-state index is -0.279. The van der Waals surface area contributed by atoms with Crippen LogP contribution in [0.25, 0.3) is 17.4 Å². The zero-order valence-corrected chi connectivity index (χ0v) is 15.6. The van der Waals surface area contributed by atoms with Crippen molar-refractivity contribution in [2.45, 2.75) is 6.92 Å². The molecule has 0 saturated carbocycles. The summed E-state index contributed by atoms with van der Waals surface area (Å²) in [6, 6.07) is 14.6. The van der Waals surface area contributed by atoms with Crippen LogP contribution in [0.15, 0.2) is 63.5 Å². The van der Waals surface area contributed by atoms with Crippen LogP contribution in [0.2, 0.25) is 5.02 Å². The number of benzene rings is 1. The molecule has 0 aliphatic heterocycles. The lowest BCUT2D eigenvalue weighted by Gasteiger charge is -2.03. The van der Waals surface area contributed by atoms with Gasteiger partial charge in [0.1, 0.15) is 17.3 Å². The van der Waals surface area contributed by atoms with Crippen LogP contribution in [0.3, 0.4) is 0 Å². The van der Waals surface area contributed by atoms with E-state index in [0.717, 1.165) is 15.7 Å². The first-order chi connectivity index (χ1) is 12.0. The Hall–Kier alpha value is -2.37. The van der Waals surface area contributed by atoms with E-state index in [1.54, 1.807) is 30.3 Å². The molecule has 4 nitrogen and oxygen atoms in total. The molecule has 0 saturated heterocycles. The number of halogens is 2. The topological polar surface area (TPSA) is 55.1 Å². The van der Waals surface area contributed by atoms with Crippen molar-refractivity contribution in [3.63, 3.8) is 0 Å². The van der Waals surface area contributed by atoms with Gasteiger partial charge >= 0.3 is 0 Å². The summed E-state index contributed by atoms with van der Waals surface area (Å²) in [5.41, 5.74) is 1.73. The number of hydrogen-bond acceptors (Lipinski definition) is 3. The summed E-state index contributed by atoms with van der Waals surface area (Å²) in [5.74, 6) is 1.51. The minimum Gasteiger partial charge on any atom is -0.457 e. The Balaban J connectivity index is 1.66. The molecular weight excluding hydrogens is 404 g/mol. The van der Waals surface area contributed by atoms with Gasteiger partial charge in [0.15, 0.2) is 0 Å². The molecule has 0 aliphatic rings. The van der Waals surface area contributed by atoms with Gasteiger partial charge in [-0.05, 0) is 77.5 Å². The highest BCUT2D eigenvalue weighted by molar-refractivity contribution is 9.10. The maximum absolute atomic E-state index is 12.0. The molecule has 0 bridgehead atoms. The second kappa shape index (κ2) is 7.68. The molecule has 0 unspecified atom stereocenters. The standard InChI is InChI=1S/C19H14BrClN2O2/c1-12-16(20)8-10-18(22-12)23-19(24)11-7-15-6-9-17(25-15)13-2-4-14(21)5-3-13/h2-11H,1H3,(H,22,23,24)/b11-7+. The van der Waals surface area contributed by atoms with Crippen LogP contribution in [-0.4, -0.2) is 10.9 Å². The Bertz CT molecular complexity index is 933. The molecular formula is C19H14BrClN2O2. The molecule has 3 aromatic rings. The molecule has 2 heterocycles. The normalized spacial score (nSPS) is 11.0. The number of nitrogens with one attached hydrogen (secondary N) is 1. The highest BCUT2D eigenvalue weighted by atomic mass is 79.9. The predicted molar refractivity (Wildman–Crippen MR) is 103 cm³/mol. The zero-order chi connectivity index (χ0) is 17.8. The first-order valence-electron chi connectivity index (χ1n) is 7.49. The van der Waals surface area contributed by atoms with Gasteiger partial charge in [-0.3, -0.25) is 4.79 Å². The summed E-state index contributed by atoms with van der Waals surface area (Å²) < 4.78 is 6.61. The third-order valence-electron chi connectivity index (χ3n) is 3.43. The summed E-state index contributed by atoms with van der Waals surface area (Å²) in [5, 5.41) is 3.38. The van der Waals surface area contributed by atoms with Gasteiger partial charge in [-0.2, -0.15) is 0 Å². The molecule has 0 fully saturated rings. The Labute approximate surface area is 158 Å². The van der Waals surface area contributed by atoms with Crippen molar-refractivity contribution in [3.05, 3.63) is 75.6 Å². The van der Waals surface area contributed by atoms with E-state index in [1.807, 2.05) is 31.2 Å². The second-order valence-corrected chi connectivity index (χ2v) is 6.59. The van der Waals surface area contributed by atoms with Crippen LogP contribution in [0.4, 0.5) is 5.82 Å². The average molecular weight is 418 g/mol. The number of anilines is 1. The quantitative estimate of drug-likeness (QED) is 0.553. The number of rotatable bonds is 4. The van der Waals surface area contributed by atoms with Crippen molar-refractivity contribution in [1.82, 2.24) is 4.98 Å². The van der Waals surface area contributed by atoms with E-state index in [1.165, 1.54) is 6.08 Å². The molecule has 1 amide bonds. The fraction of sp³-hybridized carbons (Fsp3) is 0.0526. The maximum atomic E-state index is 12.0. The van der Waals surface area contributed by atoms with Crippen molar-refractivity contribution in [2.24, 2.45) is 0 Å².